The Morgan fingerprint density at radius 1 is 1.43 bits per heavy atom. The molecule has 4 heteroatoms. The van der Waals surface area contributed by atoms with Crippen LogP contribution in [0.25, 0.3) is 0 Å². The fourth-order valence-corrected chi connectivity index (χ4v) is 1.14. The maximum Gasteiger partial charge on any atom is 0.316 e. The number of ether oxygens (including phenoxy) is 1. The van der Waals surface area contributed by atoms with Gasteiger partial charge in [-0.1, -0.05) is 6.92 Å². The van der Waals surface area contributed by atoms with Crippen LogP contribution >= 0.6 is 0 Å². The van der Waals surface area contributed by atoms with Crippen molar-refractivity contribution in [2.45, 2.75) is 20.3 Å². The van der Waals surface area contributed by atoms with Gasteiger partial charge in [-0.15, -0.1) is 0 Å². The summed E-state index contributed by atoms with van der Waals surface area (Å²) in [4.78, 5) is 8.16. The van der Waals surface area contributed by atoms with E-state index >= 15 is 0 Å². The van der Waals surface area contributed by atoms with Crippen molar-refractivity contribution in [3.05, 3.63) is 18.0 Å². The first-order chi connectivity index (χ1) is 6.76. The molecule has 0 saturated carbocycles. The molecule has 2 N–H and O–H groups in total. The molecule has 0 fully saturated rings. The van der Waals surface area contributed by atoms with Crippen LogP contribution in [0.3, 0.4) is 0 Å². The summed E-state index contributed by atoms with van der Waals surface area (Å²) in [5.74, 6) is 0.469. The van der Waals surface area contributed by atoms with Crippen molar-refractivity contribution in [3.63, 3.8) is 0 Å². The molecule has 0 amide bonds. The predicted molar refractivity (Wildman–Crippen MR) is 55.1 cm³/mol. The third-order valence-corrected chi connectivity index (χ3v) is 1.94. The molecule has 0 spiro atoms. The number of nitrogens with zero attached hydrogens (tertiary/aromatic N) is 2. The standard InChI is InChI=1S/C10H17N3O/c1-3-14-10-12-6-9(7-13-10)4-8(2)5-11/h6-8H,3-5,11H2,1-2H3. The van der Waals surface area contributed by atoms with Crippen LogP contribution in [0, 0.1) is 5.92 Å². The first-order valence-corrected chi connectivity index (χ1v) is 4.90. The van der Waals surface area contributed by atoms with Gasteiger partial charge in [0.25, 0.3) is 0 Å². The highest BCUT2D eigenvalue weighted by Gasteiger charge is 2.02. The van der Waals surface area contributed by atoms with Gasteiger partial charge in [0.15, 0.2) is 0 Å². The maximum absolute atomic E-state index is 5.53. The summed E-state index contributed by atoms with van der Waals surface area (Å²) in [6, 6.07) is 0.441. The van der Waals surface area contributed by atoms with Crippen molar-refractivity contribution in [3.8, 4) is 6.01 Å². The largest absolute Gasteiger partial charge is 0.464 e. The molecule has 14 heavy (non-hydrogen) atoms. The molecule has 0 radical (unpaired) electrons. The molecule has 1 heterocycles. The van der Waals surface area contributed by atoms with Gasteiger partial charge in [-0.3, -0.25) is 0 Å². The minimum absolute atomic E-state index is 0.441. The Morgan fingerprint density at radius 3 is 2.57 bits per heavy atom. The van der Waals surface area contributed by atoms with Crippen molar-refractivity contribution in [1.29, 1.82) is 0 Å². The smallest absolute Gasteiger partial charge is 0.316 e. The van der Waals surface area contributed by atoms with Crippen LogP contribution in [0.1, 0.15) is 19.4 Å². The number of rotatable bonds is 5. The predicted octanol–water partition coefficient (Wildman–Crippen LogP) is 1.01. The summed E-state index contributed by atoms with van der Waals surface area (Å²) in [6.45, 7) is 5.30. The minimum atomic E-state index is 0.441. The lowest BCUT2D eigenvalue weighted by Crippen LogP contribution is -2.13. The van der Waals surface area contributed by atoms with Gasteiger partial charge in [0.2, 0.25) is 0 Å². The number of hydrogen-bond acceptors (Lipinski definition) is 4. The highest BCUT2D eigenvalue weighted by molar-refractivity contribution is 5.08. The van der Waals surface area contributed by atoms with Gasteiger partial charge in [0, 0.05) is 12.4 Å². The Labute approximate surface area is 84.5 Å². The van der Waals surface area contributed by atoms with Crippen LogP contribution in [-0.2, 0) is 6.42 Å². The fraction of sp³-hybridized carbons (Fsp3) is 0.600. The molecule has 1 unspecified atom stereocenters. The second kappa shape index (κ2) is 5.54. The summed E-state index contributed by atoms with van der Waals surface area (Å²) in [5, 5.41) is 0. The van der Waals surface area contributed by atoms with Crippen LogP contribution in [0.15, 0.2) is 12.4 Å². The molecular weight excluding hydrogens is 178 g/mol. The molecule has 4 nitrogen and oxygen atoms in total. The second-order valence-corrected chi connectivity index (χ2v) is 3.35. The van der Waals surface area contributed by atoms with E-state index in [0.29, 0.717) is 25.1 Å². The molecule has 0 bridgehead atoms. The number of aromatic nitrogens is 2. The van der Waals surface area contributed by atoms with Crippen LogP contribution in [-0.4, -0.2) is 23.1 Å². The van der Waals surface area contributed by atoms with Crippen molar-refractivity contribution in [2.75, 3.05) is 13.2 Å². The van der Waals surface area contributed by atoms with E-state index in [2.05, 4.69) is 16.9 Å². The lowest BCUT2D eigenvalue weighted by atomic mass is 10.0. The molecule has 0 aliphatic rings. The molecule has 1 aromatic heterocycles. The van der Waals surface area contributed by atoms with E-state index in [9.17, 15) is 0 Å². The van der Waals surface area contributed by atoms with Gasteiger partial charge in [-0.05, 0) is 31.4 Å². The minimum Gasteiger partial charge on any atom is -0.464 e. The summed E-state index contributed by atoms with van der Waals surface area (Å²) in [5.41, 5.74) is 6.64. The molecule has 0 aliphatic carbocycles. The van der Waals surface area contributed by atoms with Crippen LogP contribution in [0.4, 0.5) is 0 Å². The van der Waals surface area contributed by atoms with Crippen molar-refractivity contribution < 1.29 is 4.74 Å². The molecule has 1 aromatic rings. The van der Waals surface area contributed by atoms with Crippen LogP contribution in [0.5, 0.6) is 6.01 Å². The van der Waals surface area contributed by atoms with Gasteiger partial charge in [0.1, 0.15) is 0 Å². The van der Waals surface area contributed by atoms with Gasteiger partial charge in [-0.2, -0.15) is 0 Å². The zero-order valence-corrected chi connectivity index (χ0v) is 8.73. The topological polar surface area (TPSA) is 61.0 Å². The van der Waals surface area contributed by atoms with Crippen molar-refractivity contribution >= 4 is 0 Å². The monoisotopic (exact) mass is 195 g/mol. The highest BCUT2D eigenvalue weighted by Crippen LogP contribution is 2.07. The first-order valence-electron chi connectivity index (χ1n) is 4.90. The lowest BCUT2D eigenvalue weighted by Gasteiger charge is -2.07. The number of nitrogens with two attached hydrogens (primary N) is 1. The average Bonchev–Trinajstić information content (AvgIpc) is 2.21. The Bertz CT molecular complexity index is 261. The second-order valence-electron chi connectivity index (χ2n) is 3.35. The zero-order valence-electron chi connectivity index (χ0n) is 8.73. The summed E-state index contributed by atoms with van der Waals surface area (Å²) in [6.07, 6.45) is 4.51. The third kappa shape index (κ3) is 3.30. The SMILES string of the molecule is CCOc1ncc(CC(C)CN)cn1. The Hall–Kier alpha value is -1.16. The quantitative estimate of drug-likeness (QED) is 0.761. The zero-order chi connectivity index (χ0) is 10.4. The third-order valence-electron chi connectivity index (χ3n) is 1.94. The number of hydrogen-bond donors (Lipinski definition) is 1. The first kappa shape index (κ1) is 10.9. The summed E-state index contributed by atoms with van der Waals surface area (Å²) in [7, 11) is 0. The van der Waals surface area contributed by atoms with E-state index in [1.165, 1.54) is 0 Å². The van der Waals surface area contributed by atoms with E-state index in [4.69, 9.17) is 10.5 Å². The normalized spacial score (nSPS) is 12.5. The van der Waals surface area contributed by atoms with Gasteiger partial charge in [0.05, 0.1) is 6.61 Å². The van der Waals surface area contributed by atoms with Crippen molar-refractivity contribution in [2.24, 2.45) is 11.7 Å². The van der Waals surface area contributed by atoms with Crippen molar-refractivity contribution in [1.82, 2.24) is 9.97 Å². The molecule has 1 atom stereocenters. The highest BCUT2D eigenvalue weighted by atomic mass is 16.5. The Morgan fingerprint density at radius 2 is 2.07 bits per heavy atom. The molecular formula is C10H17N3O. The average molecular weight is 195 g/mol. The Kier molecular flexibility index (Phi) is 4.32. The van der Waals surface area contributed by atoms with Gasteiger partial charge < -0.3 is 10.5 Å². The molecule has 0 aliphatic heterocycles. The van der Waals surface area contributed by atoms with E-state index < -0.39 is 0 Å². The van der Waals surface area contributed by atoms with Gasteiger partial charge >= 0.3 is 6.01 Å². The van der Waals surface area contributed by atoms with E-state index in [-0.39, 0.29) is 0 Å². The molecule has 78 valence electrons. The molecule has 0 saturated heterocycles. The van der Waals surface area contributed by atoms with E-state index in [1.807, 2.05) is 6.92 Å². The summed E-state index contributed by atoms with van der Waals surface area (Å²) >= 11 is 0. The molecule has 0 aromatic carbocycles. The van der Waals surface area contributed by atoms with Gasteiger partial charge in [-0.25, -0.2) is 9.97 Å². The summed E-state index contributed by atoms with van der Waals surface area (Å²) < 4.78 is 5.15. The maximum atomic E-state index is 5.53. The molecule has 1 rings (SSSR count). The lowest BCUT2D eigenvalue weighted by molar-refractivity contribution is 0.312. The van der Waals surface area contributed by atoms with Crippen LogP contribution < -0.4 is 10.5 Å². The van der Waals surface area contributed by atoms with E-state index in [0.717, 1.165) is 12.0 Å². The van der Waals surface area contributed by atoms with Crippen LogP contribution in [0.2, 0.25) is 0 Å². The fourth-order valence-electron chi connectivity index (χ4n) is 1.14. The van der Waals surface area contributed by atoms with E-state index in [1.54, 1.807) is 12.4 Å². The Balaban J connectivity index is 2.54.